The molecule has 4 heteroatoms. The maximum Gasteiger partial charge on any atom is 0.230 e. The number of β-amino-alcohol motifs (C(OH)–C–C–N with tert-alkyl or cyclic N) is 1. The van der Waals surface area contributed by atoms with Crippen LogP contribution in [0.2, 0.25) is 0 Å². The zero-order valence-electron chi connectivity index (χ0n) is 12.3. The number of carbonyl (C=O) groups excluding carboxylic acids is 1. The molecule has 1 saturated heterocycles. The number of nitrogens with one attached hydrogen (secondary N) is 2. The minimum Gasteiger partial charge on any atom is -0.391 e. The fourth-order valence-electron chi connectivity index (χ4n) is 3.70. The second-order valence-corrected chi connectivity index (χ2v) is 6.35. The zero-order valence-corrected chi connectivity index (χ0v) is 12.3. The van der Waals surface area contributed by atoms with Gasteiger partial charge in [-0.25, -0.2) is 0 Å². The number of aliphatic hydroxyl groups excluding tert-OH is 1. The van der Waals surface area contributed by atoms with Crippen molar-refractivity contribution in [2.24, 2.45) is 5.92 Å². The van der Waals surface area contributed by atoms with Gasteiger partial charge in [0, 0.05) is 25.6 Å². The molecule has 3 N–H and O–H groups in total. The molecule has 2 aliphatic rings. The summed E-state index contributed by atoms with van der Waals surface area (Å²) in [5.74, 6) is 0.258. The molecule has 3 rings (SSSR count). The highest BCUT2D eigenvalue weighted by atomic mass is 16.3. The van der Waals surface area contributed by atoms with Gasteiger partial charge >= 0.3 is 0 Å². The lowest BCUT2D eigenvalue weighted by Gasteiger charge is -2.29. The molecule has 1 aromatic carbocycles. The maximum atomic E-state index is 12.8. The quantitative estimate of drug-likeness (QED) is 0.780. The lowest BCUT2D eigenvalue weighted by atomic mass is 9.78. The summed E-state index contributed by atoms with van der Waals surface area (Å²) in [6, 6.07) is 10.1. The average molecular weight is 288 g/mol. The Morgan fingerprint density at radius 2 is 1.95 bits per heavy atom. The smallest absolute Gasteiger partial charge is 0.230 e. The third-order valence-electron chi connectivity index (χ3n) is 5.05. The first-order valence-electron chi connectivity index (χ1n) is 7.95. The van der Waals surface area contributed by atoms with Crippen LogP contribution in [0.5, 0.6) is 0 Å². The predicted octanol–water partition coefficient (Wildman–Crippen LogP) is 1.19. The molecule has 114 valence electrons. The molecular weight excluding hydrogens is 264 g/mol. The Kier molecular flexibility index (Phi) is 4.27. The Hall–Kier alpha value is -1.39. The topological polar surface area (TPSA) is 61.4 Å². The Bertz CT molecular complexity index is 483. The summed E-state index contributed by atoms with van der Waals surface area (Å²) in [4.78, 5) is 12.8. The summed E-state index contributed by atoms with van der Waals surface area (Å²) < 4.78 is 0. The van der Waals surface area contributed by atoms with Crippen LogP contribution in [0.25, 0.3) is 0 Å². The van der Waals surface area contributed by atoms with Gasteiger partial charge in [0.25, 0.3) is 0 Å². The minimum atomic E-state index is -0.363. The van der Waals surface area contributed by atoms with E-state index in [4.69, 9.17) is 0 Å². The summed E-state index contributed by atoms with van der Waals surface area (Å²) in [7, 11) is 0. The van der Waals surface area contributed by atoms with E-state index < -0.39 is 0 Å². The number of hydrogen-bond acceptors (Lipinski definition) is 3. The Morgan fingerprint density at radius 1 is 1.24 bits per heavy atom. The lowest BCUT2D eigenvalue weighted by molar-refractivity contribution is -0.126. The van der Waals surface area contributed by atoms with E-state index in [1.165, 1.54) is 0 Å². The Morgan fingerprint density at radius 3 is 2.57 bits per heavy atom. The van der Waals surface area contributed by atoms with Crippen LogP contribution in [-0.4, -0.2) is 36.8 Å². The Labute approximate surface area is 125 Å². The molecule has 1 heterocycles. The predicted molar refractivity (Wildman–Crippen MR) is 82.0 cm³/mol. The highest BCUT2D eigenvalue weighted by Crippen LogP contribution is 2.41. The summed E-state index contributed by atoms with van der Waals surface area (Å²) in [5, 5.41) is 16.1. The van der Waals surface area contributed by atoms with Crippen molar-refractivity contribution in [2.45, 2.75) is 37.2 Å². The van der Waals surface area contributed by atoms with Crippen molar-refractivity contribution in [1.82, 2.24) is 10.6 Å². The first-order valence-corrected chi connectivity index (χ1v) is 7.95. The fraction of sp³-hybridized carbons (Fsp3) is 0.588. The zero-order chi connectivity index (χ0) is 14.7. The van der Waals surface area contributed by atoms with Crippen LogP contribution in [0.3, 0.4) is 0 Å². The van der Waals surface area contributed by atoms with Crippen LogP contribution < -0.4 is 10.6 Å². The van der Waals surface area contributed by atoms with E-state index in [2.05, 4.69) is 22.8 Å². The molecule has 2 unspecified atom stereocenters. The molecule has 1 aliphatic carbocycles. The van der Waals surface area contributed by atoms with Crippen molar-refractivity contribution >= 4 is 5.91 Å². The van der Waals surface area contributed by atoms with Gasteiger partial charge in [0.2, 0.25) is 5.91 Å². The summed E-state index contributed by atoms with van der Waals surface area (Å²) in [5.41, 5.74) is 0.767. The van der Waals surface area contributed by atoms with Gasteiger partial charge in [-0.1, -0.05) is 43.2 Å². The molecular formula is C17H24N2O2. The van der Waals surface area contributed by atoms with Crippen LogP contribution in [0.15, 0.2) is 30.3 Å². The van der Waals surface area contributed by atoms with E-state index in [0.29, 0.717) is 13.1 Å². The highest BCUT2D eigenvalue weighted by molar-refractivity contribution is 5.88. The first-order chi connectivity index (χ1) is 10.2. The van der Waals surface area contributed by atoms with Gasteiger partial charge < -0.3 is 15.7 Å². The first kappa shape index (κ1) is 14.5. The third kappa shape index (κ3) is 2.83. The molecule has 1 aliphatic heterocycles. The number of carbonyl (C=O) groups is 1. The van der Waals surface area contributed by atoms with E-state index in [9.17, 15) is 9.90 Å². The summed E-state index contributed by atoms with van der Waals surface area (Å²) >= 11 is 0. The minimum absolute atomic E-state index is 0.128. The lowest BCUT2D eigenvalue weighted by Crippen LogP contribution is -2.45. The molecule has 0 aromatic heterocycles. The van der Waals surface area contributed by atoms with Crippen LogP contribution in [0.1, 0.15) is 31.2 Å². The second kappa shape index (κ2) is 6.16. The van der Waals surface area contributed by atoms with E-state index in [1.54, 1.807) is 0 Å². The molecule has 0 bridgehead atoms. The molecule has 2 fully saturated rings. The van der Waals surface area contributed by atoms with Gasteiger partial charge in [0.05, 0.1) is 11.5 Å². The van der Waals surface area contributed by atoms with Crippen LogP contribution in [0.4, 0.5) is 0 Å². The number of rotatable bonds is 4. The monoisotopic (exact) mass is 288 g/mol. The SMILES string of the molecule is O=C(NCC1CNCC1O)C1(c2ccccc2)CCCC1. The van der Waals surface area contributed by atoms with Gasteiger partial charge in [-0.3, -0.25) is 4.79 Å². The maximum absolute atomic E-state index is 12.8. The molecule has 0 radical (unpaired) electrons. The summed E-state index contributed by atoms with van der Waals surface area (Å²) in [6.45, 7) is 1.96. The van der Waals surface area contributed by atoms with E-state index >= 15 is 0 Å². The molecule has 4 nitrogen and oxygen atoms in total. The van der Waals surface area contributed by atoms with Crippen molar-refractivity contribution in [3.63, 3.8) is 0 Å². The van der Waals surface area contributed by atoms with Gasteiger partial charge in [0.15, 0.2) is 0 Å². The standard InChI is InChI=1S/C17H24N2O2/c20-15-12-18-10-13(15)11-19-16(21)17(8-4-5-9-17)14-6-2-1-3-7-14/h1-3,6-7,13,15,18,20H,4-5,8-12H2,(H,19,21). The van der Waals surface area contributed by atoms with Gasteiger partial charge in [-0.15, -0.1) is 0 Å². The largest absolute Gasteiger partial charge is 0.391 e. The van der Waals surface area contributed by atoms with E-state index in [1.807, 2.05) is 18.2 Å². The van der Waals surface area contributed by atoms with Crippen molar-refractivity contribution in [3.8, 4) is 0 Å². The van der Waals surface area contributed by atoms with Crippen molar-refractivity contribution < 1.29 is 9.90 Å². The van der Waals surface area contributed by atoms with Crippen LogP contribution in [0, 0.1) is 5.92 Å². The number of amides is 1. The molecule has 1 amide bonds. The number of aliphatic hydroxyl groups is 1. The van der Waals surface area contributed by atoms with Gasteiger partial charge in [0.1, 0.15) is 0 Å². The number of hydrogen-bond donors (Lipinski definition) is 3. The molecule has 0 spiro atoms. The molecule has 21 heavy (non-hydrogen) atoms. The summed E-state index contributed by atoms with van der Waals surface area (Å²) in [6.07, 6.45) is 3.72. The van der Waals surface area contributed by atoms with Crippen LogP contribution >= 0.6 is 0 Å². The Balaban J connectivity index is 1.71. The third-order valence-corrected chi connectivity index (χ3v) is 5.05. The van der Waals surface area contributed by atoms with E-state index in [0.717, 1.165) is 37.8 Å². The molecule has 1 saturated carbocycles. The average Bonchev–Trinajstić information content (AvgIpc) is 3.16. The van der Waals surface area contributed by atoms with Crippen molar-refractivity contribution in [3.05, 3.63) is 35.9 Å². The molecule has 2 atom stereocenters. The normalized spacial score (nSPS) is 27.7. The van der Waals surface area contributed by atoms with Gasteiger partial charge in [-0.05, 0) is 18.4 Å². The molecule has 1 aromatic rings. The second-order valence-electron chi connectivity index (χ2n) is 6.35. The van der Waals surface area contributed by atoms with Crippen LogP contribution in [-0.2, 0) is 10.2 Å². The van der Waals surface area contributed by atoms with Gasteiger partial charge in [-0.2, -0.15) is 0 Å². The van der Waals surface area contributed by atoms with Crippen molar-refractivity contribution in [1.29, 1.82) is 0 Å². The fourth-order valence-corrected chi connectivity index (χ4v) is 3.70. The highest BCUT2D eigenvalue weighted by Gasteiger charge is 2.42. The number of benzene rings is 1. The van der Waals surface area contributed by atoms with Crippen molar-refractivity contribution in [2.75, 3.05) is 19.6 Å². The van der Waals surface area contributed by atoms with E-state index in [-0.39, 0.29) is 23.3 Å².